The van der Waals surface area contributed by atoms with E-state index in [4.69, 9.17) is 5.73 Å². The molecule has 0 spiro atoms. The van der Waals surface area contributed by atoms with E-state index < -0.39 is 0 Å². The first-order chi connectivity index (χ1) is 5.20. The van der Waals surface area contributed by atoms with Crippen LogP contribution in [0, 0.1) is 0 Å². The first kappa shape index (κ1) is 8.24. The van der Waals surface area contributed by atoms with Crippen LogP contribution in [0.2, 0.25) is 0 Å². The molecule has 3 nitrogen and oxygen atoms in total. The van der Waals surface area contributed by atoms with Gasteiger partial charge in [0.15, 0.2) is 0 Å². The lowest BCUT2D eigenvalue weighted by molar-refractivity contribution is -0.118. The lowest BCUT2D eigenvalue weighted by Gasteiger charge is -2.01. The highest BCUT2D eigenvalue weighted by Gasteiger charge is 2.11. The third kappa shape index (κ3) is 2.33. The van der Waals surface area contributed by atoms with E-state index in [-0.39, 0.29) is 11.9 Å². The Morgan fingerprint density at radius 2 is 2.09 bits per heavy atom. The number of hydrogen-bond donors (Lipinski definition) is 1. The molecule has 1 aliphatic carbocycles. The number of aliphatic imine (C=N–C) groups is 1. The second-order valence-electron chi connectivity index (χ2n) is 2.98. The van der Waals surface area contributed by atoms with Crippen LogP contribution in [0.25, 0.3) is 0 Å². The molecular formula is C8H14N2O. The van der Waals surface area contributed by atoms with Gasteiger partial charge in [0.05, 0.1) is 0 Å². The van der Waals surface area contributed by atoms with Crippen molar-refractivity contribution >= 4 is 11.6 Å². The standard InChI is InChI=1S/C8H14N2O/c1-6(8(9)11)10-7-4-2-3-5-7/h6H,2-5H2,1H3,(H2,9,11). The van der Waals surface area contributed by atoms with Gasteiger partial charge in [0.2, 0.25) is 5.91 Å². The molecule has 11 heavy (non-hydrogen) atoms. The predicted octanol–water partition coefficient (Wildman–Crippen LogP) is 0.875. The molecule has 0 aromatic rings. The summed E-state index contributed by atoms with van der Waals surface area (Å²) in [6, 6.07) is -0.330. The molecule has 62 valence electrons. The summed E-state index contributed by atoms with van der Waals surface area (Å²) >= 11 is 0. The third-order valence-electron chi connectivity index (χ3n) is 1.97. The van der Waals surface area contributed by atoms with E-state index in [1.54, 1.807) is 6.92 Å². The highest BCUT2D eigenvalue weighted by Crippen LogP contribution is 2.15. The largest absolute Gasteiger partial charge is 0.368 e. The number of amides is 1. The van der Waals surface area contributed by atoms with E-state index in [0.29, 0.717) is 0 Å². The SMILES string of the molecule is CC(N=C1CCCC1)C(N)=O. The van der Waals surface area contributed by atoms with Crippen molar-refractivity contribution in [3.8, 4) is 0 Å². The number of carbonyl (C=O) groups excluding carboxylic acids is 1. The second kappa shape index (κ2) is 3.51. The summed E-state index contributed by atoms with van der Waals surface area (Å²) in [5, 5.41) is 0. The van der Waals surface area contributed by atoms with Crippen molar-refractivity contribution in [2.45, 2.75) is 38.6 Å². The van der Waals surface area contributed by atoms with Crippen LogP contribution in [0.15, 0.2) is 4.99 Å². The van der Waals surface area contributed by atoms with Gasteiger partial charge in [0, 0.05) is 5.71 Å². The smallest absolute Gasteiger partial charge is 0.241 e. The number of nitrogens with zero attached hydrogens (tertiary/aromatic N) is 1. The van der Waals surface area contributed by atoms with Crippen molar-refractivity contribution in [3.05, 3.63) is 0 Å². The fraction of sp³-hybridized carbons (Fsp3) is 0.750. The average molecular weight is 154 g/mol. The predicted molar refractivity (Wildman–Crippen MR) is 44.6 cm³/mol. The Bertz CT molecular complexity index is 179. The van der Waals surface area contributed by atoms with Gasteiger partial charge < -0.3 is 5.73 Å². The minimum absolute atomic E-state index is 0.329. The number of hydrogen-bond acceptors (Lipinski definition) is 2. The fourth-order valence-corrected chi connectivity index (χ4v) is 1.25. The summed E-state index contributed by atoms with van der Waals surface area (Å²) in [6.07, 6.45) is 4.53. The quantitative estimate of drug-likeness (QED) is 0.630. The molecule has 1 aliphatic rings. The molecule has 1 saturated carbocycles. The zero-order valence-corrected chi connectivity index (χ0v) is 6.84. The van der Waals surface area contributed by atoms with Crippen molar-refractivity contribution in [2.75, 3.05) is 0 Å². The second-order valence-corrected chi connectivity index (χ2v) is 2.98. The van der Waals surface area contributed by atoms with E-state index >= 15 is 0 Å². The van der Waals surface area contributed by atoms with Crippen LogP contribution in [0.3, 0.4) is 0 Å². The van der Waals surface area contributed by atoms with Gasteiger partial charge in [0.1, 0.15) is 6.04 Å². The first-order valence-electron chi connectivity index (χ1n) is 4.05. The van der Waals surface area contributed by atoms with Crippen LogP contribution in [0.4, 0.5) is 0 Å². The Hall–Kier alpha value is -0.860. The summed E-state index contributed by atoms with van der Waals surface area (Å²) in [5.74, 6) is -0.329. The van der Waals surface area contributed by atoms with E-state index in [9.17, 15) is 4.79 Å². The van der Waals surface area contributed by atoms with E-state index in [1.807, 2.05) is 0 Å². The van der Waals surface area contributed by atoms with Crippen LogP contribution in [-0.4, -0.2) is 17.7 Å². The van der Waals surface area contributed by atoms with Gasteiger partial charge in [-0.3, -0.25) is 9.79 Å². The van der Waals surface area contributed by atoms with Crippen molar-refractivity contribution in [2.24, 2.45) is 10.7 Å². The molecule has 0 aromatic carbocycles. The molecule has 1 unspecified atom stereocenters. The molecule has 1 atom stereocenters. The van der Waals surface area contributed by atoms with Gasteiger partial charge in [-0.25, -0.2) is 0 Å². The Kier molecular flexibility index (Phi) is 2.63. The third-order valence-corrected chi connectivity index (χ3v) is 1.97. The summed E-state index contributed by atoms with van der Waals surface area (Å²) in [5.41, 5.74) is 6.23. The lowest BCUT2D eigenvalue weighted by atomic mass is 10.3. The van der Waals surface area contributed by atoms with Crippen molar-refractivity contribution in [1.29, 1.82) is 0 Å². The summed E-state index contributed by atoms with van der Waals surface area (Å²) in [6.45, 7) is 1.74. The number of rotatable bonds is 2. The maximum absolute atomic E-state index is 10.6. The summed E-state index contributed by atoms with van der Waals surface area (Å²) in [7, 11) is 0. The summed E-state index contributed by atoms with van der Waals surface area (Å²) in [4.78, 5) is 14.8. The molecule has 1 rings (SSSR count). The Morgan fingerprint density at radius 3 is 2.55 bits per heavy atom. The van der Waals surface area contributed by atoms with Gasteiger partial charge in [-0.2, -0.15) is 0 Å². The highest BCUT2D eigenvalue weighted by molar-refractivity contribution is 5.89. The van der Waals surface area contributed by atoms with Crippen molar-refractivity contribution in [3.63, 3.8) is 0 Å². The van der Waals surface area contributed by atoms with Gasteiger partial charge in [-0.15, -0.1) is 0 Å². The zero-order valence-electron chi connectivity index (χ0n) is 6.84. The summed E-state index contributed by atoms with van der Waals surface area (Å²) < 4.78 is 0. The minimum Gasteiger partial charge on any atom is -0.368 e. The van der Waals surface area contributed by atoms with Crippen molar-refractivity contribution < 1.29 is 4.79 Å². The van der Waals surface area contributed by atoms with Crippen LogP contribution in [0.1, 0.15) is 32.6 Å². The molecule has 0 bridgehead atoms. The van der Waals surface area contributed by atoms with E-state index in [2.05, 4.69) is 4.99 Å². The van der Waals surface area contributed by atoms with Gasteiger partial charge in [-0.05, 0) is 32.6 Å². The maximum Gasteiger partial charge on any atom is 0.241 e. The van der Waals surface area contributed by atoms with Gasteiger partial charge >= 0.3 is 0 Å². The number of carbonyl (C=O) groups is 1. The average Bonchev–Trinajstić information content (AvgIpc) is 2.39. The number of nitrogens with two attached hydrogens (primary N) is 1. The normalized spacial score (nSPS) is 19.9. The molecule has 0 radical (unpaired) electrons. The van der Waals surface area contributed by atoms with Gasteiger partial charge in [0.25, 0.3) is 0 Å². The fourth-order valence-electron chi connectivity index (χ4n) is 1.25. The molecule has 0 aromatic heterocycles. The lowest BCUT2D eigenvalue weighted by Crippen LogP contribution is -2.24. The monoisotopic (exact) mass is 154 g/mol. The van der Waals surface area contributed by atoms with Crippen LogP contribution < -0.4 is 5.73 Å². The Labute approximate surface area is 66.7 Å². The van der Waals surface area contributed by atoms with E-state index in [0.717, 1.165) is 18.6 Å². The Morgan fingerprint density at radius 1 is 1.55 bits per heavy atom. The minimum atomic E-state index is -0.330. The molecule has 1 amide bonds. The van der Waals surface area contributed by atoms with Crippen LogP contribution in [0.5, 0.6) is 0 Å². The van der Waals surface area contributed by atoms with Crippen LogP contribution in [-0.2, 0) is 4.79 Å². The van der Waals surface area contributed by atoms with Crippen molar-refractivity contribution in [1.82, 2.24) is 0 Å². The molecule has 3 heteroatoms. The topological polar surface area (TPSA) is 55.4 Å². The first-order valence-corrected chi connectivity index (χ1v) is 4.05. The van der Waals surface area contributed by atoms with Gasteiger partial charge in [-0.1, -0.05) is 0 Å². The Balaban J connectivity index is 2.49. The maximum atomic E-state index is 10.6. The zero-order chi connectivity index (χ0) is 8.27. The highest BCUT2D eigenvalue weighted by atomic mass is 16.1. The molecular weight excluding hydrogens is 140 g/mol. The molecule has 0 aliphatic heterocycles. The molecule has 1 fully saturated rings. The van der Waals surface area contributed by atoms with E-state index in [1.165, 1.54) is 12.8 Å². The number of primary amides is 1. The van der Waals surface area contributed by atoms with Crippen LogP contribution >= 0.6 is 0 Å². The molecule has 2 N–H and O–H groups in total. The molecule has 0 heterocycles. The molecule has 0 saturated heterocycles.